The van der Waals surface area contributed by atoms with E-state index in [2.05, 4.69) is 10.6 Å². The van der Waals surface area contributed by atoms with Crippen LogP contribution < -0.4 is 10.6 Å². The highest BCUT2D eigenvalue weighted by molar-refractivity contribution is 7.80. The molecule has 2 aromatic rings. The molecule has 0 atom stereocenters. The fourth-order valence-corrected chi connectivity index (χ4v) is 2.42. The summed E-state index contributed by atoms with van der Waals surface area (Å²) in [6.07, 6.45) is 1.09. The molecule has 0 aliphatic rings. The molecule has 2 amide bonds. The first-order valence-electron chi connectivity index (χ1n) is 8.03. The van der Waals surface area contributed by atoms with Gasteiger partial charge in [-0.1, -0.05) is 24.3 Å². The summed E-state index contributed by atoms with van der Waals surface area (Å²) in [5, 5.41) is 5.40. The van der Waals surface area contributed by atoms with E-state index >= 15 is 0 Å². The molecule has 136 valence electrons. The summed E-state index contributed by atoms with van der Waals surface area (Å²) < 4.78 is 13.6. The second-order valence-corrected chi connectivity index (χ2v) is 6.28. The van der Waals surface area contributed by atoms with Crippen molar-refractivity contribution in [1.29, 1.82) is 0 Å². The second-order valence-electron chi connectivity index (χ2n) is 5.87. The Bertz CT molecular complexity index is 807. The first-order chi connectivity index (χ1) is 12.4. The molecule has 0 heterocycles. The number of nitrogens with zero attached hydrogens (tertiary/aromatic N) is 1. The van der Waals surface area contributed by atoms with Crippen molar-refractivity contribution in [3.05, 3.63) is 65.5 Å². The number of thiocarbonyl (C=S) groups is 1. The van der Waals surface area contributed by atoms with Crippen LogP contribution in [0.2, 0.25) is 0 Å². The fourth-order valence-electron chi connectivity index (χ4n) is 2.21. The van der Waals surface area contributed by atoms with Gasteiger partial charge >= 0.3 is 0 Å². The third-order valence-corrected chi connectivity index (χ3v) is 3.89. The number of anilines is 1. The zero-order chi connectivity index (χ0) is 19.1. The van der Waals surface area contributed by atoms with E-state index in [-0.39, 0.29) is 16.6 Å². The summed E-state index contributed by atoms with van der Waals surface area (Å²) in [5.74, 6) is -1.15. The van der Waals surface area contributed by atoms with Crippen LogP contribution in [0.3, 0.4) is 0 Å². The Morgan fingerprint density at radius 2 is 1.73 bits per heavy atom. The SMILES string of the molecule is CN(C)C(=O)CCc1ccc(NC(=S)NC(=O)c2ccccc2F)cc1. The predicted molar refractivity (Wildman–Crippen MR) is 104 cm³/mol. The summed E-state index contributed by atoms with van der Waals surface area (Å²) in [6.45, 7) is 0. The molecule has 0 spiro atoms. The van der Waals surface area contributed by atoms with E-state index in [9.17, 15) is 14.0 Å². The van der Waals surface area contributed by atoms with Crippen LogP contribution in [0.25, 0.3) is 0 Å². The molecule has 0 unspecified atom stereocenters. The van der Waals surface area contributed by atoms with Gasteiger partial charge in [0.1, 0.15) is 5.82 Å². The minimum absolute atomic E-state index is 0.0717. The van der Waals surface area contributed by atoms with Gasteiger partial charge in [0.15, 0.2) is 5.11 Å². The average Bonchev–Trinajstić information content (AvgIpc) is 2.60. The largest absolute Gasteiger partial charge is 0.349 e. The van der Waals surface area contributed by atoms with Crippen molar-refractivity contribution >= 4 is 34.8 Å². The normalized spacial score (nSPS) is 10.1. The number of carbonyl (C=O) groups is 2. The predicted octanol–water partition coefficient (Wildman–Crippen LogP) is 2.97. The minimum atomic E-state index is -0.612. The Morgan fingerprint density at radius 3 is 2.35 bits per heavy atom. The molecule has 0 aliphatic carbocycles. The van der Waals surface area contributed by atoms with E-state index in [4.69, 9.17) is 12.2 Å². The zero-order valence-electron chi connectivity index (χ0n) is 14.6. The lowest BCUT2D eigenvalue weighted by atomic mass is 10.1. The van der Waals surface area contributed by atoms with Crippen LogP contribution in [0, 0.1) is 5.82 Å². The molecule has 7 heteroatoms. The Hall–Kier alpha value is -2.80. The highest BCUT2D eigenvalue weighted by Crippen LogP contribution is 2.12. The monoisotopic (exact) mass is 373 g/mol. The number of halogens is 1. The highest BCUT2D eigenvalue weighted by Gasteiger charge is 2.12. The number of nitrogens with one attached hydrogen (secondary N) is 2. The smallest absolute Gasteiger partial charge is 0.260 e. The van der Waals surface area contributed by atoms with Crippen molar-refractivity contribution in [3.8, 4) is 0 Å². The summed E-state index contributed by atoms with van der Waals surface area (Å²) in [7, 11) is 3.46. The second kappa shape index (κ2) is 9.05. The number of rotatable bonds is 5. The lowest BCUT2D eigenvalue weighted by Crippen LogP contribution is -2.34. The Labute approximate surface area is 157 Å². The number of hydrogen-bond donors (Lipinski definition) is 2. The van der Waals surface area contributed by atoms with Gasteiger partial charge in [0.2, 0.25) is 5.91 Å². The van der Waals surface area contributed by atoms with E-state index in [1.54, 1.807) is 37.2 Å². The molecular weight excluding hydrogens is 353 g/mol. The lowest BCUT2D eigenvalue weighted by Gasteiger charge is -2.11. The molecular formula is C19H20FN3O2S. The maximum absolute atomic E-state index is 13.6. The summed E-state index contributed by atoms with van der Waals surface area (Å²) in [4.78, 5) is 25.2. The van der Waals surface area contributed by atoms with Crippen molar-refractivity contribution in [2.24, 2.45) is 0 Å². The highest BCUT2D eigenvalue weighted by atomic mass is 32.1. The Kier molecular flexibility index (Phi) is 6.80. The van der Waals surface area contributed by atoms with Crippen molar-refractivity contribution in [2.45, 2.75) is 12.8 Å². The van der Waals surface area contributed by atoms with Gasteiger partial charge in [-0.05, 0) is 48.5 Å². The molecule has 0 aliphatic heterocycles. The van der Waals surface area contributed by atoms with E-state index in [1.165, 1.54) is 18.2 Å². The summed E-state index contributed by atoms with van der Waals surface area (Å²) >= 11 is 5.09. The average molecular weight is 373 g/mol. The van der Waals surface area contributed by atoms with Crippen molar-refractivity contribution in [1.82, 2.24) is 10.2 Å². The fraction of sp³-hybridized carbons (Fsp3) is 0.211. The van der Waals surface area contributed by atoms with Crippen LogP contribution in [-0.4, -0.2) is 35.9 Å². The third kappa shape index (κ3) is 5.63. The van der Waals surface area contributed by atoms with Crippen LogP contribution in [0.5, 0.6) is 0 Å². The first-order valence-corrected chi connectivity index (χ1v) is 8.43. The van der Waals surface area contributed by atoms with Gasteiger partial charge in [0.05, 0.1) is 5.56 Å². The van der Waals surface area contributed by atoms with Crippen LogP contribution >= 0.6 is 12.2 Å². The first kappa shape index (κ1) is 19.5. The van der Waals surface area contributed by atoms with E-state index in [0.717, 1.165) is 5.56 Å². The zero-order valence-corrected chi connectivity index (χ0v) is 15.4. The van der Waals surface area contributed by atoms with Gasteiger partial charge in [0.25, 0.3) is 5.91 Å². The van der Waals surface area contributed by atoms with Crippen LogP contribution in [0.4, 0.5) is 10.1 Å². The van der Waals surface area contributed by atoms with E-state index < -0.39 is 11.7 Å². The van der Waals surface area contributed by atoms with Crippen LogP contribution in [0.15, 0.2) is 48.5 Å². The maximum atomic E-state index is 13.6. The van der Waals surface area contributed by atoms with Gasteiger partial charge in [-0.2, -0.15) is 0 Å². The molecule has 2 N–H and O–H groups in total. The molecule has 0 radical (unpaired) electrons. The molecule has 2 aromatic carbocycles. The van der Waals surface area contributed by atoms with E-state index in [1.807, 2.05) is 12.1 Å². The molecule has 0 fully saturated rings. The van der Waals surface area contributed by atoms with Gasteiger partial charge in [-0.3, -0.25) is 14.9 Å². The Morgan fingerprint density at radius 1 is 1.08 bits per heavy atom. The number of hydrogen-bond acceptors (Lipinski definition) is 3. The molecule has 2 rings (SSSR count). The molecule has 26 heavy (non-hydrogen) atoms. The molecule has 5 nitrogen and oxygen atoms in total. The maximum Gasteiger partial charge on any atom is 0.260 e. The molecule has 0 bridgehead atoms. The summed E-state index contributed by atoms with van der Waals surface area (Å²) in [5.41, 5.74) is 1.64. The number of aryl methyl sites for hydroxylation is 1. The van der Waals surface area contributed by atoms with Crippen LogP contribution in [-0.2, 0) is 11.2 Å². The van der Waals surface area contributed by atoms with Gasteiger partial charge in [-0.25, -0.2) is 4.39 Å². The number of carbonyl (C=O) groups excluding carboxylic acids is 2. The quantitative estimate of drug-likeness (QED) is 0.791. The summed E-state index contributed by atoms with van der Waals surface area (Å²) in [6, 6.07) is 13.1. The number of amides is 2. The molecule has 0 saturated heterocycles. The van der Waals surface area contributed by atoms with Crippen molar-refractivity contribution < 1.29 is 14.0 Å². The van der Waals surface area contributed by atoms with Crippen molar-refractivity contribution in [3.63, 3.8) is 0 Å². The topological polar surface area (TPSA) is 61.4 Å². The van der Waals surface area contributed by atoms with Gasteiger partial charge in [0, 0.05) is 26.2 Å². The third-order valence-electron chi connectivity index (χ3n) is 3.68. The van der Waals surface area contributed by atoms with Crippen LogP contribution in [0.1, 0.15) is 22.3 Å². The minimum Gasteiger partial charge on any atom is -0.349 e. The lowest BCUT2D eigenvalue weighted by molar-refractivity contribution is -0.128. The Balaban J connectivity index is 1.88. The van der Waals surface area contributed by atoms with Gasteiger partial charge < -0.3 is 10.2 Å². The molecule has 0 saturated carbocycles. The van der Waals surface area contributed by atoms with E-state index in [0.29, 0.717) is 18.5 Å². The van der Waals surface area contributed by atoms with Gasteiger partial charge in [-0.15, -0.1) is 0 Å². The number of benzene rings is 2. The standard InChI is InChI=1S/C19H20FN3O2S/c1-23(2)17(24)12-9-13-7-10-14(11-8-13)21-19(26)22-18(25)15-5-3-4-6-16(15)20/h3-8,10-11H,9,12H2,1-2H3,(H2,21,22,25,26). The molecule has 0 aromatic heterocycles. The van der Waals surface area contributed by atoms with Crippen molar-refractivity contribution in [2.75, 3.05) is 19.4 Å².